The molecule has 0 radical (unpaired) electrons. The summed E-state index contributed by atoms with van der Waals surface area (Å²) in [5, 5.41) is 0. The summed E-state index contributed by atoms with van der Waals surface area (Å²) in [6, 6.07) is 7.71. The molecule has 0 aromatic heterocycles. The van der Waals surface area contributed by atoms with Crippen LogP contribution in [0.2, 0.25) is 0 Å². The van der Waals surface area contributed by atoms with E-state index >= 15 is 0 Å². The van der Waals surface area contributed by atoms with Crippen molar-refractivity contribution in [2.24, 2.45) is 0 Å². The van der Waals surface area contributed by atoms with E-state index in [1.165, 1.54) is 32.1 Å². The van der Waals surface area contributed by atoms with Gasteiger partial charge in [-0.1, -0.05) is 69.7 Å². The summed E-state index contributed by atoms with van der Waals surface area (Å²) in [6.07, 6.45) is 9.38. The lowest BCUT2D eigenvalue weighted by atomic mass is 10.0. The largest absolute Gasteiger partial charge is 0.491 e. The van der Waals surface area contributed by atoms with E-state index in [4.69, 9.17) is 18.8 Å². The maximum absolute atomic E-state index is 10.6. The number of ether oxygens (including phenoxy) is 3. The van der Waals surface area contributed by atoms with Crippen LogP contribution in [0.3, 0.4) is 0 Å². The Kier molecular flexibility index (Phi) is 16.3. The molecule has 0 saturated heterocycles. The first-order chi connectivity index (χ1) is 14.4. The highest BCUT2D eigenvalue weighted by Gasteiger charge is 2.17. The predicted octanol–water partition coefficient (Wildman–Crippen LogP) is 5.40. The topological polar surface area (TPSA) is 126 Å². The van der Waals surface area contributed by atoms with Crippen LogP contribution in [0.15, 0.2) is 36.9 Å². The molecule has 0 aliphatic heterocycles. The third kappa shape index (κ3) is 14.2. The van der Waals surface area contributed by atoms with Gasteiger partial charge in [0.25, 0.3) is 0 Å². The van der Waals surface area contributed by atoms with Crippen LogP contribution in [0.1, 0.15) is 70.5 Å². The van der Waals surface area contributed by atoms with Crippen LogP contribution in [-0.4, -0.2) is 39.1 Å². The molecule has 0 bridgehead atoms. The fraction of sp³-hybridized carbons (Fsp3) is 0.636. The minimum absolute atomic E-state index is 0. The minimum Gasteiger partial charge on any atom is -0.491 e. The van der Waals surface area contributed by atoms with Crippen LogP contribution >= 0.6 is 0 Å². The Balaban J connectivity index is 0.00000900. The average molecular weight is 462 g/mol. The van der Waals surface area contributed by atoms with E-state index in [1.54, 1.807) is 13.0 Å². The highest BCUT2D eigenvalue weighted by atomic mass is 32.3. The van der Waals surface area contributed by atoms with E-state index in [-0.39, 0.29) is 18.9 Å². The lowest BCUT2D eigenvalue weighted by Gasteiger charge is -2.22. The van der Waals surface area contributed by atoms with Gasteiger partial charge in [-0.05, 0) is 19.4 Å². The Hall–Kier alpha value is -1.49. The molecule has 2 atom stereocenters. The fourth-order valence-corrected chi connectivity index (χ4v) is 3.14. The van der Waals surface area contributed by atoms with Crippen molar-refractivity contribution < 1.29 is 31.4 Å². The van der Waals surface area contributed by atoms with Crippen molar-refractivity contribution in [2.75, 3.05) is 20.0 Å². The zero-order valence-electron chi connectivity index (χ0n) is 18.8. The number of rotatable bonds is 18. The molecule has 9 heteroatoms. The summed E-state index contributed by atoms with van der Waals surface area (Å²) in [6.45, 7) is 7.75. The van der Waals surface area contributed by atoms with Crippen LogP contribution < -0.4 is 10.9 Å². The molecule has 4 N–H and O–H groups in total. The van der Waals surface area contributed by atoms with E-state index in [0.717, 1.165) is 18.4 Å². The monoisotopic (exact) mass is 461 g/mol. The summed E-state index contributed by atoms with van der Waals surface area (Å²) in [4.78, 5) is 0. The van der Waals surface area contributed by atoms with Crippen LogP contribution in [0.5, 0.6) is 5.75 Å². The summed E-state index contributed by atoms with van der Waals surface area (Å²) in [5.74, 6) is 0.698. The molecule has 0 saturated carbocycles. The standard InChI is InChI=1S/C22H36O7S.H3N/c1-4-6-7-8-9-10-14-21(26-16-5-2)20-13-11-12-15-22(20)27-17-19(3)28-18-29-30(23,24)25;/h5,11-13,15,19,21H,2,4,6-10,14,16-18H2,1,3H3,(H,23,24,25);1H3. The molecule has 1 aromatic rings. The van der Waals surface area contributed by atoms with Gasteiger partial charge in [-0.3, -0.25) is 4.55 Å². The van der Waals surface area contributed by atoms with Gasteiger partial charge in [0.15, 0.2) is 6.79 Å². The number of para-hydroxylation sites is 1. The Morgan fingerprint density at radius 1 is 1.10 bits per heavy atom. The second-order valence-corrected chi connectivity index (χ2v) is 8.25. The molecular formula is C22H39NO7S. The number of hydrogen-bond acceptors (Lipinski definition) is 7. The first kappa shape index (κ1) is 29.5. The molecule has 2 unspecified atom stereocenters. The van der Waals surface area contributed by atoms with Gasteiger partial charge in [-0.15, -0.1) is 6.58 Å². The lowest BCUT2D eigenvalue weighted by Crippen LogP contribution is -2.21. The first-order valence-electron chi connectivity index (χ1n) is 10.5. The van der Waals surface area contributed by atoms with Gasteiger partial charge in [0.2, 0.25) is 0 Å². The second kappa shape index (κ2) is 17.1. The smallest absolute Gasteiger partial charge is 0.399 e. The Morgan fingerprint density at radius 3 is 2.45 bits per heavy atom. The van der Waals surface area contributed by atoms with Gasteiger partial charge in [0, 0.05) is 5.56 Å². The van der Waals surface area contributed by atoms with Gasteiger partial charge < -0.3 is 20.4 Å². The number of hydrogen-bond donors (Lipinski definition) is 2. The van der Waals surface area contributed by atoms with Gasteiger partial charge >= 0.3 is 10.4 Å². The summed E-state index contributed by atoms with van der Waals surface area (Å²) >= 11 is 0. The molecule has 0 aliphatic carbocycles. The Bertz CT molecular complexity index is 697. The summed E-state index contributed by atoms with van der Waals surface area (Å²) in [5.41, 5.74) is 0.967. The van der Waals surface area contributed by atoms with Crippen molar-refractivity contribution in [1.82, 2.24) is 6.15 Å². The molecule has 0 heterocycles. The van der Waals surface area contributed by atoms with E-state index in [0.29, 0.717) is 12.4 Å². The first-order valence-corrected chi connectivity index (χ1v) is 11.9. The van der Waals surface area contributed by atoms with Gasteiger partial charge in [-0.25, -0.2) is 4.18 Å². The molecule has 0 spiro atoms. The van der Waals surface area contributed by atoms with Gasteiger partial charge in [0.1, 0.15) is 12.4 Å². The molecule has 1 rings (SSSR count). The summed E-state index contributed by atoms with van der Waals surface area (Å²) < 4.78 is 50.9. The van der Waals surface area contributed by atoms with Crippen molar-refractivity contribution in [3.05, 3.63) is 42.5 Å². The molecule has 0 amide bonds. The Morgan fingerprint density at radius 2 is 1.77 bits per heavy atom. The maximum Gasteiger partial charge on any atom is 0.399 e. The second-order valence-electron chi connectivity index (χ2n) is 7.16. The van der Waals surface area contributed by atoms with Crippen molar-refractivity contribution in [2.45, 2.75) is 71.0 Å². The van der Waals surface area contributed by atoms with Crippen molar-refractivity contribution in [3.63, 3.8) is 0 Å². The van der Waals surface area contributed by atoms with Crippen molar-refractivity contribution >= 4 is 10.4 Å². The quantitative estimate of drug-likeness (QED) is 0.129. The van der Waals surface area contributed by atoms with Crippen LogP contribution in [0, 0.1) is 0 Å². The zero-order valence-corrected chi connectivity index (χ0v) is 19.6. The lowest BCUT2D eigenvalue weighted by molar-refractivity contribution is -0.0458. The van der Waals surface area contributed by atoms with Gasteiger partial charge in [0.05, 0.1) is 18.8 Å². The predicted molar refractivity (Wildman–Crippen MR) is 122 cm³/mol. The third-order valence-electron chi connectivity index (χ3n) is 4.52. The van der Waals surface area contributed by atoms with Crippen LogP contribution in [0.4, 0.5) is 0 Å². The normalized spacial score (nSPS) is 13.3. The average Bonchev–Trinajstić information content (AvgIpc) is 2.70. The van der Waals surface area contributed by atoms with E-state index < -0.39 is 23.3 Å². The van der Waals surface area contributed by atoms with Crippen LogP contribution in [-0.2, 0) is 24.1 Å². The molecule has 180 valence electrons. The Labute approximate surface area is 187 Å². The van der Waals surface area contributed by atoms with Crippen LogP contribution in [0.25, 0.3) is 0 Å². The molecule has 31 heavy (non-hydrogen) atoms. The van der Waals surface area contributed by atoms with Gasteiger partial charge in [-0.2, -0.15) is 8.42 Å². The molecule has 0 aliphatic rings. The highest BCUT2D eigenvalue weighted by Crippen LogP contribution is 2.32. The molecule has 8 nitrogen and oxygen atoms in total. The number of benzene rings is 1. The SMILES string of the molecule is C=CCOC(CCCCCCCC)c1ccccc1OCC(C)OCOS(=O)(=O)O.N. The summed E-state index contributed by atoms with van der Waals surface area (Å²) in [7, 11) is -4.52. The third-order valence-corrected chi connectivity index (χ3v) is 4.92. The molecule has 0 fully saturated rings. The highest BCUT2D eigenvalue weighted by molar-refractivity contribution is 7.80. The fourth-order valence-electron chi connectivity index (χ4n) is 2.96. The van der Waals surface area contributed by atoms with Crippen molar-refractivity contribution in [3.8, 4) is 5.75 Å². The number of unbranched alkanes of at least 4 members (excludes halogenated alkanes) is 5. The molecule has 1 aromatic carbocycles. The van der Waals surface area contributed by atoms with Crippen molar-refractivity contribution in [1.29, 1.82) is 0 Å². The molecular weight excluding hydrogens is 422 g/mol. The van der Waals surface area contributed by atoms with E-state index in [2.05, 4.69) is 17.7 Å². The minimum atomic E-state index is -4.52. The maximum atomic E-state index is 10.6. The van der Waals surface area contributed by atoms with E-state index in [1.807, 2.05) is 24.3 Å². The zero-order chi connectivity index (χ0) is 22.2. The van der Waals surface area contributed by atoms with E-state index in [9.17, 15) is 8.42 Å².